The van der Waals surface area contributed by atoms with Gasteiger partial charge in [0.05, 0.1) is 17.9 Å². The van der Waals surface area contributed by atoms with Crippen molar-refractivity contribution >= 4 is 5.97 Å². The van der Waals surface area contributed by atoms with Crippen molar-refractivity contribution in [2.24, 2.45) is 16.7 Å². The molecule has 5 rings (SSSR count). The van der Waals surface area contributed by atoms with Crippen LogP contribution in [0.15, 0.2) is 24.4 Å². The number of hydrogen-bond acceptors (Lipinski definition) is 5. The fourth-order valence-electron chi connectivity index (χ4n) is 5.37. The fourth-order valence-corrected chi connectivity index (χ4v) is 5.37. The lowest BCUT2D eigenvalue weighted by Crippen LogP contribution is -2.24. The number of aryl methyl sites for hydroxylation is 1. The van der Waals surface area contributed by atoms with Crippen molar-refractivity contribution in [3.05, 3.63) is 35.7 Å². The van der Waals surface area contributed by atoms with Gasteiger partial charge in [0.25, 0.3) is 0 Å². The number of carbonyl (C=O) groups excluding carboxylic acids is 1. The molecular formula is C23H29N3O3. The summed E-state index contributed by atoms with van der Waals surface area (Å²) in [6.07, 6.45) is 8.75. The van der Waals surface area contributed by atoms with Crippen molar-refractivity contribution in [1.82, 2.24) is 14.8 Å². The summed E-state index contributed by atoms with van der Waals surface area (Å²) in [7, 11) is 0. The highest BCUT2D eigenvalue weighted by Gasteiger charge is 2.85. The van der Waals surface area contributed by atoms with Crippen LogP contribution in [0.3, 0.4) is 0 Å². The van der Waals surface area contributed by atoms with Gasteiger partial charge in [-0.05, 0) is 88.7 Å². The van der Waals surface area contributed by atoms with Gasteiger partial charge in [0.15, 0.2) is 5.82 Å². The van der Waals surface area contributed by atoms with E-state index in [2.05, 4.69) is 10.1 Å². The van der Waals surface area contributed by atoms with Crippen molar-refractivity contribution in [3.63, 3.8) is 0 Å². The Morgan fingerprint density at radius 3 is 2.45 bits per heavy atom. The normalized spacial score (nSPS) is 20.7. The van der Waals surface area contributed by atoms with Crippen molar-refractivity contribution in [2.45, 2.75) is 65.4 Å². The first kappa shape index (κ1) is 18.6. The van der Waals surface area contributed by atoms with E-state index in [-0.39, 0.29) is 5.97 Å². The summed E-state index contributed by atoms with van der Waals surface area (Å²) in [6.45, 7) is 8.10. The van der Waals surface area contributed by atoms with Gasteiger partial charge in [0.2, 0.25) is 5.88 Å². The van der Waals surface area contributed by atoms with Crippen LogP contribution in [0.1, 0.15) is 68.9 Å². The second kappa shape index (κ2) is 6.07. The zero-order chi connectivity index (χ0) is 20.4. The lowest BCUT2D eigenvalue weighted by Gasteiger charge is -2.20. The molecule has 6 nitrogen and oxygen atoms in total. The second-order valence-corrected chi connectivity index (χ2v) is 9.90. The van der Waals surface area contributed by atoms with E-state index < -0.39 is 5.60 Å². The molecule has 2 aromatic heterocycles. The van der Waals surface area contributed by atoms with Gasteiger partial charge in [-0.3, -0.25) is 0 Å². The Bertz CT molecular complexity index is 946. The lowest BCUT2D eigenvalue weighted by atomic mass is 10.1. The van der Waals surface area contributed by atoms with Gasteiger partial charge in [-0.25, -0.2) is 14.5 Å². The molecule has 0 aliphatic heterocycles. The molecule has 2 heterocycles. The molecule has 3 aliphatic carbocycles. The molecule has 154 valence electrons. The lowest BCUT2D eigenvalue weighted by molar-refractivity contribution is 0.00682. The smallest absolute Gasteiger partial charge is 0.340 e. The number of rotatable bonds is 6. The SMILES string of the molecule is Cc1nc(-n2ccc(OCCC3C4(CC4)C34CC4)n2)ccc1C(=O)OC(C)(C)C. The number of aromatic nitrogens is 3. The van der Waals surface area contributed by atoms with Crippen LogP contribution in [0.4, 0.5) is 0 Å². The third-order valence-electron chi connectivity index (χ3n) is 6.97. The first-order chi connectivity index (χ1) is 13.7. The molecule has 3 saturated carbocycles. The predicted molar refractivity (Wildman–Crippen MR) is 108 cm³/mol. The number of nitrogens with zero attached hydrogens (tertiary/aromatic N) is 3. The first-order valence-corrected chi connectivity index (χ1v) is 10.6. The Balaban J connectivity index is 1.20. The van der Waals surface area contributed by atoms with E-state index in [9.17, 15) is 4.79 Å². The topological polar surface area (TPSA) is 66.2 Å². The van der Waals surface area contributed by atoms with Crippen LogP contribution in [0, 0.1) is 23.7 Å². The summed E-state index contributed by atoms with van der Waals surface area (Å²) in [5.41, 5.74) is 2.02. The third-order valence-corrected chi connectivity index (χ3v) is 6.97. The summed E-state index contributed by atoms with van der Waals surface area (Å²) >= 11 is 0. The van der Waals surface area contributed by atoms with Crippen molar-refractivity contribution in [3.8, 4) is 11.7 Å². The maximum atomic E-state index is 12.3. The summed E-state index contributed by atoms with van der Waals surface area (Å²) < 4.78 is 13.0. The molecule has 0 unspecified atom stereocenters. The first-order valence-electron chi connectivity index (χ1n) is 10.6. The van der Waals surface area contributed by atoms with E-state index in [0.29, 0.717) is 23.0 Å². The number of esters is 1. The molecule has 0 atom stereocenters. The van der Waals surface area contributed by atoms with Crippen molar-refractivity contribution in [1.29, 1.82) is 0 Å². The van der Waals surface area contributed by atoms with Gasteiger partial charge in [-0.1, -0.05) is 0 Å². The number of hydrogen-bond donors (Lipinski definition) is 0. The van der Waals surface area contributed by atoms with Crippen LogP contribution in [0.25, 0.3) is 5.82 Å². The van der Waals surface area contributed by atoms with Gasteiger partial charge < -0.3 is 9.47 Å². The van der Waals surface area contributed by atoms with E-state index >= 15 is 0 Å². The molecule has 3 fully saturated rings. The zero-order valence-corrected chi connectivity index (χ0v) is 17.7. The standard InChI is InChI=1S/C23H29N3O3/c1-15-16(20(27)29-21(2,3)4)5-6-18(24-15)26-13-7-19(25-26)28-14-8-17-22(9-10-22)23(17)11-12-23/h5-7,13,17H,8-12,14H2,1-4H3. The second-order valence-electron chi connectivity index (χ2n) is 9.90. The van der Waals surface area contributed by atoms with Crippen LogP contribution in [0.5, 0.6) is 5.88 Å². The molecule has 2 spiro atoms. The molecule has 3 aliphatic rings. The van der Waals surface area contributed by atoms with E-state index in [4.69, 9.17) is 9.47 Å². The van der Waals surface area contributed by atoms with E-state index in [1.54, 1.807) is 23.7 Å². The van der Waals surface area contributed by atoms with E-state index in [1.807, 2.05) is 33.0 Å². The van der Waals surface area contributed by atoms with Gasteiger partial charge >= 0.3 is 5.97 Å². The molecule has 29 heavy (non-hydrogen) atoms. The van der Waals surface area contributed by atoms with Crippen LogP contribution in [0.2, 0.25) is 0 Å². The van der Waals surface area contributed by atoms with Crippen LogP contribution >= 0.6 is 0 Å². The Kier molecular flexibility index (Phi) is 3.90. The van der Waals surface area contributed by atoms with Gasteiger partial charge in [0, 0.05) is 12.3 Å². The molecule has 2 aromatic rings. The van der Waals surface area contributed by atoms with Gasteiger partial charge in [-0.2, -0.15) is 0 Å². The Morgan fingerprint density at radius 1 is 1.17 bits per heavy atom. The summed E-state index contributed by atoms with van der Waals surface area (Å²) in [5, 5.41) is 4.49. The minimum Gasteiger partial charge on any atom is -0.477 e. The summed E-state index contributed by atoms with van der Waals surface area (Å²) in [5.74, 6) is 1.80. The molecule has 0 saturated heterocycles. The van der Waals surface area contributed by atoms with Crippen molar-refractivity contribution < 1.29 is 14.3 Å². The zero-order valence-electron chi connectivity index (χ0n) is 17.7. The number of carbonyl (C=O) groups is 1. The van der Waals surface area contributed by atoms with Gasteiger partial charge in [-0.15, -0.1) is 5.10 Å². The summed E-state index contributed by atoms with van der Waals surface area (Å²) in [6, 6.07) is 5.39. The summed E-state index contributed by atoms with van der Waals surface area (Å²) in [4.78, 5) is 16.8. The highest BCUT2D eigenvalue weighted by atomic mass is 16.6. The van der Waals surface area contributed by atoms with Crippen molar-refractivity contribution in [2.75, 3.05) is 6.61 Å². The average molecular weight is 396 g/mol. The van der Waals surface area contributed by atoms with Crippen LogP contribution < -0.4 is 4.74 Å². The number of fused-ring (bicyclic) bond motifs is 1. The van der Waals surface area contributed by atoms with Gasteiger partial charge in [0.1, 0.15) is 5.60 Å². The Morgan fingerprint density at radius 2 is 1.86 bits per heavy atom. The molecule has 6 heteroatoms. The fraction of sp³-hybridized carbons (Fsp3) is 0.609. The largest absolute Gasteiger partial charge is 0.477 e. The Labute approximate surface area is 171 Å². The highest BCUT2D eigenvalue weighted by Crippen LogP contribution is 2.93. The van der Waals surface area contributed by atoms with Crippen LogP contribution in [-0.4, -0.2) is 32.9 Å². The van der Waals surface area contributed by atoms with E-state index in [0.717, 1.165) is 29.8 Å². The molecule has 0 aromatic carbocycles. The molecule has 0 N–H and O–H groups in total. The van der Waals surface area contributed by atoms with Crippen LogP contribution in [-0.2, 0) is 4.74 Å². The highest BCUT2D eigenvalue weighted by molar-refractivity contribution is 5.90. The molecule has 0 radical (unpaired) electrons. The maximum Gasteiger partial charge on any atom is 0.340 e. The number of pyridine rings is 1. The third kappa shape index (κ3) is 3.13. The molecular weight excluding hydrogens is 366 g/mol. The average Bonchev–Trinajstić information content (AvgIpc) is 3.58. The van der Waals surface area contributed by atoms with E-state index in [1.165, 1.54) is 25.7 Å². The molecule has 0 amide bonds. The molecule has 0 bridgehead atoms. The predicted octanol–water partition coefficient (Wildman–Crippen LogP) is 4.49. The Hall–Kier alpha value is -2.37. The minimum atomic E-state index is -0.533. The minimum absolute atomic E-state index is 0.361. The maximum absolute atomic E-state index is 12.3. The quantitative estimate of drug-likeness (QED) is 0.674. The number of ether oxygens (including phenoxy) is 2. The monoisotopic (exact) mass is 395 g/mol.